The molecule has 1 N–H and O–H groups in total. The molecule has 2 unspecified atom stereocenters. The standard InChI is InChI=1S/C18H34N2/c1-2-19-17-8-4-3-7-16(17)15-20-13-11-18(12-14-20)9-5-6-10-18/h16-17,19H,2-15H2,1H3. The average molecular weight is 278 g/mol. The summed E-state index contributed by atoms with van der Waals surface area (Å²) in [6.07, 6.45) is 14.8. The van der Waals surface area contributed by atoms with Gasteiger partial charge in [0.05, 0.1) is 0 Å². The molecule has 1 heterocycles. The van der Waals surface area contributed by atoms with Gasteiger partial charge >= 0.3 is 0 Å². The summed E-state index contributed by atoms with van der Waals surface area (Å²) < 4.78 is 0. The van der Waals surface area contributed by atoms with Gasteiger partial charge in [-0.1, -0.05) is 32.6 Å². The van der Waals surface area contributed by atoms with Gasteiger partial charge in [0.25, 0.3) is 0 Å². The number of nitrogens with zero attached hydrogens (tertiary/aromatic N) is 1. The molecule has 0 radical (unpaired) electrons. The fraction of sp³-hybridized carbons (Fsp3) is 1.00. The van der Waals surface area contributed by atoms with Crippen molar-refractivity contribution >= 4 is 0 Å². The van der Waals surface area contributed by atoms with E-state index in [1.165, 1.54) is 83.8 Å². The molecule has 3 aliphatic rings. The van der Waals surface area contributed by atoms with Crippen LogP contribution in [0.1, 0.15) is 71.1 Å². The van der Waals surface area contributed by atoms with Crippen LogP contribution in [0.25, 0.3) is 0 Å². The van der Waals surface area contributed by atoms with Gasteiger partial charge in [0.1, 0.15) is 0 Å². The SMILES string of the molecule is CCNC1CCCCC1CN1CCC2(CCCC2)CC1. The molecular formula is C18H34N2. The van der Waals surface area contributed by atoms with Crippen LogP contribution < -0.4 is 5.32 Å². The Morgan fingerprint density at radius 1 is 0.950 bits per heavy atom. The minimum Gasteiger partial charge on any atom is -0.314 e. The van der Waals surface area contributed by atoms with E-state index in [-0.39, 0.29) is 0 Å². The molecule has 0 aromatic heterocycles. The van der Waals surface area contributed by atoms with Gasteiger partial charge in [-0.2, -0.15) is 0 Å². The van der Waals surface area contributed by atoms with Gasteiger partial charge in [0.15, 0.2) is 0 Å². The predicted octanol–water partition coefficient (Wildman–Crippen LogP) is 3.81. The number of hydrogen-bond donors (Lipinski definition) is 1. The van der Waals surface area contributed by atoms with Crippen molar-refractivity contribution < 1.29 is 0 Å². The second kappa shape index (κ2) is 6.79. The van der Waals surface area contributed by atoms with Crippen molar-refractivity contribution in [2.75, 3.05) is 26.2 Å². The van der Waals surface area contributed by atoms with Crippen LogP contribution in [0.4, 0.5) is 0 Å². The molecule has 2 atom stereocenters. The van der Waals surface area contributed by atoms with Crippen LogP contribution in [-0.4, -0.2) is 37.1 Å². The van der Waals surface area contributed by atoms with Gasteiger partial charge in [-0.15, -0.1) is 0 Å². The maximum Gasteiger partial charge on any atom is 0.0107 e. The predicted molar refractivity (Wildman–Crippen MR) is 86.0 cm³/mol. The molecule has 0 amide bonds. The highest BCUT2D eigenvalue weighted by Crippen LogP contribution is 2.46. The van der Waals surface area contributed by atoms with E-state index in [0.717, 1.165) is 23.9 Å². The molecule has 2 aliphatic carbocycles. The fourth-order valence-electron chi connectivity index (χ4n) is 5.12. The summed E-state index contributed by atoms with van der Waals surface area (Å²) in [5.41, 5.74) is 0.782. The monoisotopic (exact) mass is 278 g/mol. The Hall–Kier alpha value is -0.0800. The number of hydrogen-bond acceptors (Lipinski definition) is 2. The van der Waals surface area contributed by atoms with E-state index in [1.807, 2.05) is 0 Å². The van der Waals surface area contributed by atoms with Gasteiger partial charge < -0.3 is 10.2 Å². The lowest BCUT2D eigenvalue weighted by Gasteiger charge is -2.42. The first kappa shape index (κ1) is 14.8. The molecule has 0 aromatic rings. The van der Waals surface area contributed by atoms with Crippen molar-refractivity contribution in [3.05, 3.63) is 0 Å². The maximum atomic E-state index is 3.75. The summed E-state index contributed by atoms with van der Waals surface area (Å²) in [4.78, 5) is 2.80. The van der Waals surface area contributed by atoms with Crippen molar-refractivity contribution in [3.63, 3.8) is 0 Å². The quantitative estimate of drug-likeness (QED) is 0.841. The number of rotatable bonds is 4. The first-order valence-corrected chi connectivity index (χ1v) is 9.27. The van der Waals surface area contributed by atoms with E-state index in [4.69, 9.17) is 0 Å². The van der Waals surface area contributed by atoms with Gasteiger partial charge in [-0.25, -0.2) is 0 Å². The molecule has 2 heteroatoms. The smallest absolute Gasteiger partial charge is 0.0107 e. The molecule has 3 rings (SSSR count). The number of likely N-dealkylation sites (tertiary alicyclic amines) is 1. The third kappa shape index (κ3) is 3.39. The van der Waals surface area contributed by atoms with E-state index in [2.05, 4.69) is 17.1 Å². The lowest BCUT2D eigenvalue weighted by molar-refractivity contribution is 0.0817. The normalized spacial score (nSPS) is 34.6. The highest BCUT2D eigenvalue weighted by molar-refractivity contribution is 4.91. The van der Waals surface area contributed by atoms with Gasteiger partial charge in [-0.3, -0.25) is 0 Å². The van der Waals surface area contributed by atoms with Gasteiger partial charge in [0.2, 0.25) is 0 Å². The Kier molecular flexibility index (Phi) is 5.04. The first-order valence-electron chi connectivity index (χ1n) is 9.27. The first-order chi connectivity index (χ1) is 9.81. The Balaban J connectivity index is 1.48. The third-order valence-electron chi connectivity index (χ3n) is 6.45. The topological polar surface area (TPSA) is 15.3 Å². The molecule has 116 valence electrons. The van der Waals surface area contributed by atoms with Gasteiger partial charge in [0, 0.05) is 12.6 Å². The van der Waals surface area contributed by atoms with Crippen LogP contribution in [-0.2, 0) is 0 Å². The van der Waals surface area contributed by atoms with Crippen molar-refractivity contribution in [3.8, 4) is 0 Å². The van der Waals surface area contributed by atoms with E-state index in [9.17, 15) is 0 Å². The van der Waals surface area contributed by atoms with E-state index in [1.54, 1.807) is 0 Å². The molecule has 0 aromatic carbocycles. The lowest BCUT2D eigenvalue weighted by atomic mass is 9.76. The maximum absolute atomic E-state index is 3.75. The largest absolute Gasteiger partial charge is 0.314 e. The van der Waals surface area contributed by atoms with Crippen molar-refractivity contribution in [1.29, 1.82) is 0 Å². The molecule has 20 heavy (non-hydrogen) atoms. The molecular weight excluding hydrogens is 244 g/mol. The summed E-state index contributed by atoms with van der Waals surface area (Å²) >= 11 is 0. The highest BCUT2D eigenvalue weighted by atomic mass is 15.1. The van der Waals surface area contributed by atoms with Crippen LogP contribution in [0.15, 0.2) is 0 Å². The minimum absolute atomic E-state index is 0.782. The average Bonchev–Trinajstić information content (AvgIpc) is 2.92. The molecule has 2 nitrogen and oxygen atoms in total. The fourth-order valence-corrected chi connectivity index (χ4v) is 5.12. The molecule has 1 spiro atoms. The Labute approximate surface area is 125 Å². The Bertz CT molecular complexity index is 284. The third-order valence-corrected chi connectivity index (χ3v) is 6.45. The summed E-state index contributed by atoms with van der Waals surface area (Å²) in [7, 11) is 0. The van der Waals surface area contributed by atoms with E-state index < -0.39 is 0 Å². The zero-order chi connectivity index (χ0) is 13.8. The Morgan fingerprint density at radius 3 is 2.35 bits per heavy atom. The van der Waals surface area contributed by atoms with E-state index in [0.29, 0.717) is 0 Å². The minimum atomic E-state index is 0.782. The zero-order valence-electron chi connectivity index (χ0n) is 13.5. The van der Waals surface area contributed by atoms with Crippen LogP contribution in [0, 0.1) is 11.3 Å². The Morgan fingerprint density at radius 2 is 1.65 bits per heavy atom. The van der Waals surface area contributed by atoms with E-state index >= 15 is 0 Å². The lowest BCUT2D eigenvalue weighted by Crippen LogP contribution is -2.47. The molecule has 0 bridgehead atoms. The molecule has 3 fully saturated rings. The van der Waals surface area contributed by atoms with Crippen LogP contribution in [0.5, 0.6) is 0 Å². The summed E-state index contributed by atoms with van der Waals surface area (Å²) in [6.45, 7) is 7.54. The summed E-state index contributed by atoms with van der Waals surface area (Å²) in [5, 5.41) is 3.75. The number of piperidine rings is 1. The molecule has 2 saturated carbocycles. The number of nitrogens with one attached hydrogen (secondary N) is 1. The molecule has 1 saturated heterocycles. The van der Waals surface area contributed by atoms with Gasteiger partial charge in [-0.05, 0) is 69.5 Å². The van der Waals surface area contributed by atoms with Crippen LogP contribution in [0.3, 0.4) is 0 Å². The van der Waals surface area contributed by atoms with Crippen molar-refractivity contribution in [2.45, 2.75) is 77.2 Å². The zero-order valence-corrected chi connectivity index (χ0v) is 13.5. The summed E-state index contributed by atoms with van der Waals surface area (Å²) in [6, 6.07) is 0.802. The highest BCUT2D eigenvalue weighted by Gasteiger charge is 2.37. The van der Waals surface area contributed by atoms with Crippen LogP contribution >= 0.6 is 0 Å². The van der Waals surface area contributed by atoms with Crippen LogP contribution in [0.2, 0.25) is 0 Å². The second-order valence-corrected chi connectivity index (χ2v) is 7.72. The second-order valence-electron chi connectivity index (χ2n) is 7.72. The summed E-state index contributed by atoms with van der Waals surface area (Å²) in [5.74, 6) is 0.918. The van der Waals surface area contributed by atoms with Crippen molar-refractivity contribution in [1.82, 2.24) is 10.2 Å². The molecule has 1 aliphatic heterocycles. The van der Waals surface area contributed by atoms with Crippen molar-refractivity contribution in [2.24, 2.45) is 11.3 Å².